The van der Waals surface area contributed by atoms with Crippen LogP contribution in [0.15, 0.2) is 0 Å². The van der Waals surface area contributed by atoms with Crippen molar-refractivity contribution >= 4 is 0 Å². The van der Waals surface area contributed by atoms with Crippen LogP contribution in [-0.2, 0) is 4.74 Å². The van der Waals surface area contributed by atoms with E-state index < -0.39 is 5.72 Å². The van der Waals surface area contributed by atoms with Gasteiger partial charge in [0, 0.05) is 6.61 Å². The van der Waals surface area contributed by atoms with E-state index in [9.17, 15) is 0 Å². The summed E-state index contributed by atoms with van der Waals surface area (Å²) in [6.45, 7) is 6.77. The van der Waals surface area contributed by atoms with E-state index in [-0.39, 0.29) is 0 Å². The molecule has 2 heteroatoms. The van der Waals surface area contributed by atoms with E-state index in [4.69, 9.17) is 10.5 Å². The molecule has 0 fully saturated rings. The Labute approximate surface area is 57.4 Å². The second-order valence-corrected chi connectivity index (χ2v) is 2.51. The normalized spacial score (nSPS) is 17.3. The van der Waals surface area contributed by atoms with Gasteiger partial charge in [-0.25, -0.2) is 0 Å². The van der Waals surface area contributed by atoms with Crippen LogP contribution in [-0.4, -0.2) is 12.3 Å². The summed E-state index contributed by atoms with van der Waals surface area (Å²) in [4.78, 5) is 0. The Bertz CT molecular complexity index is 71.3. The van der Waals surface area contributed by atoms with E-state index in [0.717, 1.165) is 19.4 Å². The van der Waals surface area contributed by atoms with Gasteiger partial charge in [0.15, 0.2) is 0 Å². The third-order valence-corrected chi connectivity index (χ3v) is 1.34. The van der Waals surface area contributed by atoms with Gasteiger partial charge in [-0.05, 0) is 19.8 Å². The maximum absolute atomic E-state index is 5.68. The van der Waals surface area contributed by atoms with Crippen molar-refractivity contribution in [1.29, 1.82) is 0 Å². The molecule has 2 nitrogen and oxygen atoms in total. The third-order valence-electron chi connectivity index (χ3n) is 1.34. The predicted molar refractivity (Wildman–Crippen MR) is 39.1 cm³/mol. The Hall–Kier alpha value is -0.0800. The first-order valence-electron chi connectivity index (χ1n) is 3.55. The molecule has 0 spiro atoms. The van der Waals surface area contributed by atoms with Crippen molar-refractivity contribution in [2.75, 3.05) is 6.61 Å². The molecule has 0 aliphatic carbocycles. The van der Waals surface area contributed by atoms with Gasteiger partial charge < -0.3 is 10.5 Å². The molecule has 0 aromatic heterocycles. The van der Waals surface area contributed by atoms with E-state index in [1.807, 2.05) is 13.8 Å². The van der Waals surface area contributed by atoms with Crippen LogP contribution in [0, 0.1) is 0 Å². The molecule has 0 rings (SSSR count). The molecule has 0 heterocycles. The second kappa shape index (κ2) is 3.85. The zero-order chi connectivity index (χ0) is 7.33. The SMILES string of the molecule is CCCOC(C)(N)CC. The fourth-order valence-corrected chi connectivity index (χ4v) is 0.437. The third kappa shape index (κ3) is 4.43. The summed E-state index contributed by atoms with van der Waals surface area (Å²) in [6.07, 6.45) is 1.90. The minimum atomic E-state index is -0.407. The minimum Gasteiger partial charge on any atom is -0.361 e. The molecule has 1 unspecified atom stereocenters. The molecule has 0 aromatic carbocycles. The average Bonchev–Trinajstić information content (AvgIpc) is 1.84. The van der Waals surface area contributed by atoms with Crippen molar-refractivity contribution in [2.24, 2.45) is 5.73 Å². The lowest BCUT2D eigenvalue weighted by molar-refractivity contribution is -0.0292. The van der Waals surface area contributed by atoms with Crippen LogP contribution in [0.4, 0.5) is 0 Å². The monoisotopic (exact) mass is 131 g/mol. The van der Waals surface area contributed by atoms with Gasteiger partial charge in [0.2, 0.25) is 0 Å². The fourth-order valence-electron chi connectivity index (χ4n) is 0.437. The van der Waals surface area contributed by atoms with E-state index in [1.54, 1.807) is 0 Å². The zero-order valence-corrected chi connectivity index (χ0v) is 6.61. The molecule has 0 bridgehead atoms. The van der Waals surface area contributed by atoms with Crippen LogP contribution in [0.2, 0.25) is 0 Å². The van der Waals surface area contributed by atoms with Crippen molar-refractivity contribution in [3.8, 4) is 0 Å². The van der Waals surface area contributed by atoms with Crippen molar-refractivity contribution in [1.82, 2.24) is 0 Å². The smallest absolute Gasteiger partial charge is 0.113 e. The lowest BCUT2D eigenvalue weighted by Crippen LogP contribution is -2.38. The number of nitrogens with two attached hydrogens (primary N) is 1. The van der Waals surface area contributed by atoms with Gasteiger partial charge in [-0.15, -0.1) is 0 Å². The second-order valence-electron chi connectivity index (χ2n) is 2.51. The molecule has 0 amide bonds. The molecule has 0 saturated carbocycles. The highest BCUT2D eigenvalue weighted by atomic mass is 16.5. The van der Waals surface area contributed by atoms with Gasteiger partial charge in [-0.1, -0.05) is 13.8 Å². The molecular weight excluding hydrogens is 114 g/mol. The minimum absolute atomic E-state index is 0.407. The highest BCUT2D eigenvalue weighted by molar-refractivity contribution is 4.61. The molecule has 0 aliphatic rings. The van der Waals surface area contributed by atoms with Gasteiger partial charge in [-0.3, -0.25) is 0 Å². The predicted octanol–water partition coefficient (Wildman–Crippen LogP) is 1.50. The number of ether oxygens (including phenoxy) is 1. The Morgan fingerprint density at radius 2 is 2.00 bits per heavy atom. The van der Waals surface area contributed by atoms with Gasteiger partial charge in [0.05, 0.1) is 0 Å². The van der Waals surface area contributed by atoms with Crippen molar-refractivity contribution in [2.45, 2.75) is 39.3 Å². The van der Waals surface area contributed by atoms with E-state index >= 15 is 0 Å². The topological polar surface area (TPSA) is 35.2 Å². The molecule has 0 saturated heterocycles. The summed E-state index contributed by atoms with van der Waals surface area (Å²) < 4.78 is 5.31. The summed E-state index contributed by atoms with van der Waals surface area (Å²) in [5, 5.41) is 0. The van der Waals surface area contributed by atoms with Crippen LogP contribution in [0.1, 0.15) is 33.6 Å². The van der Waals surface area contributed by atoms with Crippen molar-refractivity contribution in [3.63, 3.8) is 0 Å². The van der Waals surface area contributed by atoms with Crippen LogP contribution in [0.5, 0.6) is 0 Å². The van der Waals surface area contributed by atoms with Gasteiger partial charge >= 0.3 is 0 Å². The van der Waals surface area contributed by atoms with Gasteiger partial charge in [-0.2, -0.15) is 0 Å². The average molecular weight is 131 g/mol. The lowest BCUT2D eigenvalue weighted by atomic mass is 10.2. The molecule has 9 heavy (non-hydrogen) atoms. The Balaban J connectivity index is 3.33. The number of hydrogen-bond acceptors (Lipinski definition) is 2. The lowest BCUT2D eigenvalue weighted by Gasteiger charge is -2.22. The summed E-state index contributed by atoms with van der Waals surface area (Å²) in [7, 11) is 0. The molecule has 0 aliphatic heterocycles. The van der Waals surface area contributed by atoms with E-state index in [2.05, 4.69) is 6.92 Å². The van der Waals surface area contributed by atoms with Crippen LogP contribution in [0.3, 0.4) is 0 Å². The van der Waals surface area contributed by atoms with Gasteiger partial charge in [0.25, 0.3) is 0 Å². The molecule has 0 aromatic rings. The first kappa shape index (κ1) is 8.92. The highest BCUT2D eigenvalue weighted by Crippen LogP contribution is 2.06. The maximum Gasteiger partial charge on any atom is 0.113 e. The van der Waals surface area contributed by atoms with Crippen LogP contribution in [0.25, 0.3) is 0 Å². The maximum atomic E-state index is 5.68. The van der Waals surface area contributed by atoms with Crippen molar-refractivity contribution < 1.29 is 4.74 Å². The fraction of sp³-hybridized carbons (Fsp3) is 1.00. The quantitative estimate of drug-likeness (QED) is 0.587. The molecule has 2 N–H and O–H groups in total. The zero-order valence-electron chi connectivity index (χ0n) is 6.61. The Morgan fingerprint density at radius 3 is 2.33 bits per heavy atom. The molecule has 56 valence electrons. The number of rotatable bonds is 4. The van der Waals surface area contributed by atoms with Crippen LogP contribution >= 0.6 is 0 Å². The summed E-state index contributed by atoms with van der Waals surface area (Å²) in [5.41, 5.74) is 5.27. The number of hydrogen-bond donors (Lipinski definition) is 1. The first-order chi connectivity index (χ1) is 4.12. The van der Waals surface area contributed by atoms with E-state index in [1.165, 1.54) is 0 Å². The molecular formula is C7H17NO. The summed E-state index contributed by atoms with van der Waals surface area (Å²) >= 11 is 0. The molecule has 0 radical (unpaired) electrons. The van der Waals surface area contributed by atoms with Crippen molar-refractivity contribution in [3.05, 3.63) is 0 Å². The summed E-state index contributed by atoms with van der Waals surface area (Å²) in [6, 6.07) is 0. The molecule has 1 atom stereocenters. The standard InChI is InChI=1S/C7H17NO/c1-4-6-9-7(3,8)5-2/h4-6,8H2,1-3H3. The highest BCUT2D eigenvalue weighted by Gasteiger charge is 2.13. The Morgan fingerprint density at radius 1 is 1.44 bits per heavy atom. The Kier molecular flexibility index (Phi) is 3.82. The van der Waals surface area contributed by atoms with E-state index in [0.29, 0.717) is 0 Å². The van der Waals surface area contributed by atoms with Gasteiger partial charge in [0.1, 0.15) is 5.72 Å². The summed E-state index contributed by atoms with van der Waals surface area (Å²) in [5.74, 6) is 0. The largest absolute Gasteiger partial charge is 0.361 e. The first-order valence-corrected chi connectivity index (χ1v) is 3.55. The van der Waals surface area contributed by atoms with Crippen LogP contribution < -0.4 is 5.73 Å².